The van der Waals surface area contributed by atoms with E-state index >= 15 is 0 Å². The predicted molar refractivity (Wildman–Crippen MR) is 66.1 cm³/mol. The van der Waals surface area contributed by atoms with Crippen molar-refractivity contribution in [3.63, 3.8) is 0 Å². The van der Waals surface area contributed by atoms with Gasteiger partial charge in [-0.3, -0.25) is 9.69 Å². The number of rotatable bonds is 11. The van der Waals surface area contributed by atoms with Gasteiger partial charge in [-0.2, -0.15) is 0 Å². The molecule has 0 amide bonds. The van der Waals surface area contributed by atoms with E-state index in [1.807, 2.05) is 13.8 Å². The molecule has 0 unspecified atom stereocenters. The van der Waals surface area contributed by atoms with Gasteiger partial charge in [-0.1, -0.05) is 0 Å². The standard InChI is InChI=1S/C12H25NO4/c1-4-16-10-8-13(9-11-17-5-2)7-6-12(14)15-3/h4-11H2,1-3H3. The number of hydrogen-bond donors (Lipinski definition) is 0. The lowest BCUT2D eigenvalue weighted by atomic mass is 10.3. The average molecular weight is 247 g/mol. The van der Waals surface area contributed by atoms with Crippen molar-refractivity contribution >= 4 is 5.97 Å². The van der Waals surface area contributed by atoms with Crippen LogP contribution in [0.2, 0.25) is 0 Å². The Kier molecular flexibility index (Phi) is 11.4. The predicted octanol–water partition coefficient (Wildman–Crippen LogP) is 0.925. The Labute approximate surface area is 104 Å². The lowest BCUT2D eigenvalue weighted by Gasteiger charge is -2.21. The molecule has 102 valence electrons. The summed E-state index contributed by atoms with van der Waals surface area (Å²) in [7, 11) is 1.41. The molecule has 0 atom stereocenters. The molecular formula is C12H25NO4. The summed E-state index contributed by atoms with van der Waals surface area (Å²) in [5.41, 5.74) is 0. The minimum Gasteiger partial charge on any atom is -0.469 e. The van der Waals surface area contributed by atoms with Gasteiger partial charge in [-0.15, -0.1) is 0 Å². The first-order chi connectivity index (χ1) is 8.24. The van der Waals surface area contributed by atoms with Gasteiger partial charge in [-0.25, -0.2) is 0 Å². The lowest BCUT2D eigenvalue weighted by molar-refractivity contribution is -0.141. The molecule has 0 saturated heterocycles. The van der Waals surface area contributed by atoms with Crippen molar-refractivity contribution in [1.29, 1.82) is 0 Å². The topological polar surface area (TPSA) is 48.0 Å². The van der Waals surface area contributed by atoms with E-state index in [4.69, 9.17) is 9.47 Å². The third kappa shape index (κ3) is 10.2. The third-order valence-corrected chi connectivity index (χ3v) is 2.37. The van der Waals surface area contributed by atoms with E-state index in [9.17, 15) is 4.79 Å². The molecule has 0 aromatic rings. The normalized spacial score (nSPS) is 10.8. The lowest BCUT2D eigenvalue weighted by Crippen LogP contribution is -2.33. The first-order valence-corrected chi connectivity index (χ1v) is 6.19. The van der Waals surface area contributed by atoms with E-state index < -0.39 is 0 Å². The van der Waals surface area contributed by atoms with Crippen LogP contribution in [0.1, 0.15) is 20.3 Å². The molecule has 0 N–H and O–H groups in total. The van der Waals surface area contributed by atoms with Crippen LogP contribution in [-0.2, 0) is 19.0 Å². The molecule has 0 fully saturated rings. The van der Waals surface area contributed by atoms with Gasteiger partial charge in [0.15, 0.2) is 0 Å². The number of esters is 1. The summed E-state index contributed by atoms with van der Waals surface area (Å²) in [5, 5.41) is 0. The van der Waals surface area contributed by atoms with Crippen LogP contribution in [-0.4, -0.2) is 64.0 Å². The van der Waals surface area contributed by atoms with Gasteiger partial charge in [0.25, 0.3) is 0 Å². The van der Waals surface area contributed by atoms with Crippen molar-refractivity contribution in [1.82, 2.24) is 4.90 Å². The van der Waals surface area contributed by atoms with Crippen LogP contribution in [0.5, 0.6) is 0 Å². The molecule has 0 aliphatic rings. The van der Waals surface area contributed by atoms with Crippen molar-refractivity contribution in [3.8, 4) is 0 Å². The van der Waals surface area contributed by atoms with Gasteiger partial charge in [0, 0.05) is 32.8 Å². The minimum absolute atomic E-state index is 0.178. The van der Waals surface area contributed by atoms with E-state index in [2.05, 4.69) is 9.64 Å². The first-order valence-electron chi connectivity index (χ1n) is 6.19. The summed E-state index contributed by atoms with van der Waals surface area (Å²) in [6.07, 6.45) is 0.411. The van der Waals surface area contributed by atoms with E-state index in [0.29, 0.717) is 26.2 Å². The van der Waals surface area contributed by atoms with Gasteiger partial charge < -0.3 is 14.2 Å². The fourth-order valence-corrected chi connectivity index (χ4v) is 1.36. The maximum absolute atomic E-state index is 11.1. The van der Waals surface area contributed by atoms with Crippen molar-refractivity contribution in [3.05, 3.63) is 0 Å². The molecule has 0 radical (unpaired) electrons. The fourth-order valence-electron chi connectivity index (χ4n) is 1.36. The van der Waals surface area contributed by atoms with Gasteiger partial charge in [-0.05, 0) is 13.8 Å². The molecule has 5 heteroatoms. The summed E-state index contributed by atoms with van der Waals surface area (Å²) in [6.45, 7) is 9.07. The van der Waals surface area contributed by atoms with Crippen LogP contribution in [0, 0.1) is 0 Å². The summed E-state index contributed by atoms with van der Waals surface area (Å²) in [5.74, 6) is -0.178. The minimum atomic E-state index is -0.178. The second-order valence-corrected chi connectivity index (χ2v) is 3.56. The van der Waals surface area contributed by atoms with Crippen molar-refractivity contribution in [2.45, 2.75) is 20.3 Å². The molecule has 5 nitrogen and oxygen atoms in total. The molecule has 0 aromatic carbocycles. The van der Waals surface area contributed by atoms with Crippen LogP contribution < -0.4 is 0 Å². The number of carbonyl (C=O) groups excluding carboxylic acids is 1. The second kappa shape index (κ2) is 11.8. The highest BCUT2D eigenvalue weighted by Gasteiger charge is 2.08. The van der Waals surface area contributed by atoms with Crippen molar-refractivity contribution in [2.75, 3.05) is 53.2 Å². The van der Waals surface area contributed by atoms with Crippen LogP contribution in [0.25, 0.3) is 0 Å². The zero-order chi connectivity index (χ0) is 12.9. The second-order valence-electron chi connectivity index (χ2n) is 3.56. The van der Waals surface area contributed by atoms with Crippen LogP contribution in [0.15, 0.2) is 0 Å². The van der Waals surface area contributed by atoms with Gasteiger partial charge in [0.2, 0.25) is 0 Å². The highest BCUT2D eigenvalue weighted by molar-refractivity contribution is 5.69. The Morgan fingerprint density at radius 3 is 1.94 bits per heavy atom. The Bertz CT molecular complexity index is 177. The number of hydrogen-bond acceptors (Lipinski definition) is 5. The molecule has 0 rings (SSSR count). The molecule has 0 aliphatic heterocycles. The highest BCUT2D eigenvalue weighted by Crippen LogP contribution is 1.94. The van der Waals surface area contributed by atoms with Crippen LogP contribution >= 0.6 is 0 Å². The van der Waals surface area contributed by atoms with Crippen LogP contribution in [0.3, 0.4) is 0 Å². The molecule has 17 heavy (non-hydrogen) atoms. The zero-order valence-corrected chi connectivity index (χ0v) is 11.2. The fraction of sp³-hybridized carbons (Fsp3) is 0.917. The molecule has 0 saturated carbocycles. The maximum Gasteiger partial charge on any atom is 0.306 e. The first kappa shape index (κ1) is 16.4. The van der Waals surface area contributed by atoms with E-state index in [0.717, 1.165) is 26.3 Å². The monoisotopic (exact) mass is 247 g/mol. The molecule has 0 heterocycles. The number of carbonyl (C=O) groups is 1. The largest absolute Gasteiger partial charge is 0.469 e. The van der Waals surface area contributed by atoms with Crippen molar-refractivity contribution < 1.29 is 19.0 Å². The molecule has 0 spiro atoms. The maximum atomic E-state index is 11.1. The summed E-state index contributed by atoms with van der Waals surface area (Å²) < 4.78 is 15.2. The average Bonchev–Trinajstić information content (AvgIpc) is 2.35. The van der Waals surface area contributed by atoms with Gasteiger partial charge in [0.05, 0.1) is 26.7 Å². The number of methoxy groups -OCH3 is 1. The Morgan fingerprint density at radius 1 is 1.00 bits per heavy atom. The molecule has 0 bridgehead atoms. The molecule has 0 aromatic heterocycles. The smallest absolute Gasteiger partial charge is 0.306 e. The molecule has 0 aliphatic carbocycles. The Morgan fingerprint density at radius 2 is 1.53 bits per heavy atom. The summed E-state index contributed by atoms with van der Waals surface area (Å²) >= 11 is 0. The summed E-state index contributed by atoms with van der Waals surface area (Å²) in [4.78, 5) is 13.2. The van der Waals surface area contributed by atoms with Crippen LogP contribution in [0.4, 0.5) is 0 Å². The van der Waals surface area contributed by atoms with E-state index in [-0.39, 0.29) is 5.97 Å². The van der Waals surface area contributed by atoms with Crippen molar-refractivity contribution in [2.24, 2.45) is 0 Å². The number of nitrogens with zero attached hydrogens (tertiary/aromatic N) is 1. The third-order valence-electron chi connectivity index (χ3n) is 2.37. The number of ether oxygens (including phenoxy) is 3. The SMILES string of the molecule is CCOCCN(CCOCC)CCC(=O)OC. The van der Waals surface area contributed by atoms with E-state index in [1.54, 1.807) is 0 Å². The Balaban J connectivity index is 3.79. The molecular weight excluding hydrogens is 222 g/mol. The quantitative estimate of drug-likeness (QED) is 0.401. The summed E-state index contributed by atoms with van der Waals surface area (Å²) in [6, 6.07) is 0. The van der Waals surface area contributed by atoms with Gasteiger partial charge in [0.1, 0.15) is 0 Å². The zero-order valence-electron chi connectivity index (χ0n) is 11.2. The van der Waals surface area contributed by atoms with E-state index in [1.165, 1.54) is 7.11 Å². The van der Waals surface area contributed by atoms with Gasteiger partial charge >= 0.3 is 5.97 Å². The highest BCUT2D eigenvalue weighted by atomic mass is 16.5. The Hall–Kier alpha value is -0.650.